The van der Waals surface area contributed by atoms with Gasteiger partial charge in [-0.1, -0.05) is 42.5 Å². The molecule has 0 unspecified atom stereocenters. The first-order valence-corrected chi connectivity index (χ1v) is 13.4. The molecule has 0 saturated heterocycles. The molecule has 0 fully saturated rings. The van der Waals surface area contributed by atoms with E-state index < -0.39 is 11.8 Å². The van der Waals surface area contributed by atoms with Crippen molar-refractivity contribution in [3.63, 3.8) is 0 Å². The Balaban J connectivity index is 1.57. The van der Waals surface area contributed by atoms with Gasteiger partial charge in [-0.3, -0.25) is 4.79 Å². The summed E-state index contributed by atoms with van der Waals surface area (Å²) >= 11 is 6.19. The number of hydrogen-bond donors (Lipinski definition) is 1. The standard InChI is InChI=1S/C31H36ClNO7/c1-31(2,3)40-30(35)39-26-14-12-23(24(19-32)29(26)37-5)18-28(34)33-16-15-21-11-13-25(27(17-21)36-4)38-20-22-9-7-6-8-10-22/h6-14,17H,15-16,18-20H2,1-5H3,(H,33,34). The molecule has 9 heteroatoms. The van der Waals surface area contributed by atoms with Crippen LogP contribution in [0.25, 0.3) is 0 Å². The number of halogens is 1. The first-order chi connectivity index (χ1) is 19.1. The van der Waals surface area contributed by atoms with Crippen molar-refractivity contribution in [3.8, 4) is 23.0 Å². The number of hydrogen-bond acceptors (Lipinski definition) is 7. The number of methoxy groups -OCH3 is 2. The van der Waals surface area contributed by atoms with Gasteiger partial charge in [-0.05, 0) is 62.1 Å². The van der Waals surface area contributed by atoms with Crippen LogP contribution in [0.5, 0.6) is 23.0 Å². The molecule has 0 heterocycles. The number of benzene rings is 3. The molecule has 3 aromatic rings. The van der Waals surface area contributed by atoms with E-state index in [0.29, 0.717) is 42.2 Å². The predicted octanol–water partition coefficient (Wildman–Crippen LogP) is 6.24. The van der Waals surface area contributed by atoms with Crippen LogP contribution in [-0.2, 0) is 34.9 Å². The second-order valence-corrected chi connectivity index (χ2v) is 10.2. The topological polar surface area (TPSA) is 92.3 Å². The average molecular weight is 570 g/mol. The van der Waals surface area contributed by atoms with Crippen molar-refractivity contribution >= 4 is 23.7 Å². The normalized spacial score (nSPS) is 10.9. The fourth-order valence-corrected chi connectivity index (χ4v) is 4.22. The molecule has 1 amide bonds. The van der Waals surface area contributed by atoms with Gasteiger partial charge in [0.2, 0.25) is 5.91 Å². The van der Waals surface area contributed by atoms with E-state index in [2.05, 4.69) is 5.32 Å². The maximum atomic E-state index is 12.7. The molecule has 0 aliphatic carbocycles. The maximum Gasteiger partial charge on any atom is 0.514 e. The van der Waals surface area contributed by atoms with Crippen LogP contribution in [0.15, 0.2) is 60.7 Å². The SMILES string of the molecule is COc1cc(CCNC(=O)Cc2ccc(OC(=O)OC(C)(C)C)c(OC)c2CCl)ccc1OCc1ccccc1. The second-order valence-electron chi connectivity index (χ2n) is 9.97. The largest absolute Gasteiger partial charge is 0.514 e. The van der Waals surface area contributed by atoms with Crippen molar-refractivity contribution in [2.24, 2.45) is 0 Å². The summed E-state index contributed by atoms with van der Waals surface area (Å²) in [6, 6.07) is 18.9. The summed E-state index contributed by atoms with van der Waals surface area (Å²) in [6.07, 6.45) is -0.167. The first-order valence-electron chi connectivity index (χ1n) is 12.9. The van der Waals surface area contributed by atoms with Gasteiger partial charge in [0.25, 0.3) is 0 Å². The fourth-order valence-electron chi connectivity index (χ4n) is 3.93. The summed E-state index contributed by atoms with van der Waals surface area (Å²) in [4.78, 5) is 24.9. The van der Waals surface area contributed by atoms with E-state index in [1.807, 2.05) is 48.5 Å². The van der Waals surface area contributed by atoms with Crippen LogP contribution in [0.4, 0.5) is 4.79 Å². The van der Waals surface area contributed by atoms with Gasteiger partial charge in [0.05, 0.1) is 26.5 Å². The van der Waals surface area contributed by atoms with Crippen LogP contribution in [-0.4, -0.2) is 38.4 Å². The zero-order chi connectivity index (χ0) is 29.1. The third-order valence-electron chi connectivity index (χ3n) is 5.79. The average Bonchev–Trinajstić information content (AvgIpc) is 2.92. The molecule has 3 aromatic carbocycles. The van der Waals surface area contributed by atoms with Gasteiger partial charge in [0.15, 0.2) is 23.0 Å². The summed E-state index contributed by atoms with van der Waals surface area (Å²) in [6.45, 7) is 6.09. The Morgan fingerprint density at radius 2 is 1.60 bits per heavy atom. The highest BCUT2D eigenvalue weighted by atomic mass is 35.5. The fraction of sp³-hybridized carbons (Fsp3) is 0.355. The van der Waals surface area contributed by atoms with E-state index in [1.165, 1.54) is 7.11 Å². The Hall–Kier alpha value is -3.91. The minimum absolute atomic E-state index is 0.0653. The summed E-state index contributed by atoms with van der Waals surface area (Å²) in [7, 11) is 3.05. The Kier molecular flexibility index (Phi) is 11.1. The molecule has 214 valence electrons. The smallest absolute Gasteiger partial charge is 0.493 e. The van der Waals surface area contributed by atoms with Gasteiger partial charge in [-0.15, -0.1) is 11.6 Å². The van der Waals surface area contributed by atoms with Crippen molar-refractivity contribution in [2.45, 2.75) is 51.7 Å². The lowest BCUT2D eigenvalue weighted by atomic mass is 10.0. The Labute approximate surface area is 240 Å². The summed E-state index contributed by atoms with van der Waals surface area (Å²) in [5.74, 6) is 1.63. The Morgan fingerprint density at radius 3 is 2.25 bits per heavy atom. The molecule has 0 aliphatic heterocycles. The van der Waals surface area contributed by atoms with E-state index in [1.54, 1.807) is 40.0 Å². The molecule has 8 nitrogen and oxygen atoms in total. The van der Waals surface area contributed by atoms with Crippen molar-refractivity contribution in [3.05, 3.63) is 82.9 Å². The van der Waals surface area contributed by atoms with E-state index in [9.17, 15) is 9.59 Å². The zero-order valence-electron chi connectivity index (χ0n) is 23.5. The molecule has 0 aliphatic rings. The predicted molar refractivity (Wildman–Crippen MR) is 154 cm³/mol. The molecule has 0 bridgehead atoms. The van der Waals surface area contributed by atoms with E-state index in [-0.39, 0.29) is 29.7 Å². The lowest BCUT2D eigenvalue weighted by molar-refractivity contribution is -0.120. The minimum Gasteiger partial charge on any atom is -0.493 e. The molecule has 0 atom stereocenters. The van der Waals surface area contributed by atoms with E-state index in [0.717, 1.165) is 11.1 Å². The highest BCUT2D eigenvalue weighted by Gasteiger charge is 2.22. The Bertz CT molecular complexity index is 1290. The van der Waals surface area contributed by atoms with Crippen LogP contribution in [0.3, 0.4) is 0 Å². The number of carbonyl (C=O) groups excluding carboxylic acids is 2. The van der Waals surface area contributed by atoms with Gasteiger partial charge >= 0.3 is 6.16 Å². The number of amides is 1. The number of alkyl halides is 1. The van der Waals surface area contributed by atoms with Gasteiger partial charge in [0.1, 0.15) is 12.2 Å². The van der Waals surface area contributed by atoms with Crippen molar-refractivity contribution in [2.75, 3.05) is 20.8 Å². The van der Waals surface area contributed by atoms with Crippen LogP contribution in [0.1, 0.15) is 43.0 Å². The number of ether oxygens (including phenoxy) is 5. The number of carbonyl (C=O) groups is 2. The van der Waals surface area contributed by atoms with Crippen molar-refractivity contribution < 1.29 is 33.3 Å². The van der Waals surface area contributed by atoms with Crippen LogP contribution in [0.2, 0.25) is 0 Å². The molecular weight excluding hydrogens is 534 g/mol. The van der Waals surface area contributed by atoms with E-state index >= 15 is 0 Å². The second kappa shape index (κ2) is 14.5. The summed E-state index contributed by atoms with van der Waals surface area (Å²) in [5.41, 5.74) is 2.59. The van der Waals surface area contributed by atoms with Gasteiger partial charge in [-0.25, -0.2) is 4.79 Å². The molecule has 3 rings (SSSR count). The van der Waals surface area contributed by atoms with Gasteiger partial charge in [-0.2, -0.15) is 0 Å². The summed E-state index contributed by atoms with van der Waals surface area (Å²) in [5, 5.41) is 2.94. The molecule has 0 spiro atoms. The highest BCUT2D eigenvalue weighted by molar-refractivity contribution is 6.17. The number of rotatable bonds is 12. The third-order valence-corrected chi connectivity index (χ3v) is 6.06. The van der Waals surface area contributed by atoms with Crippen molar-refractivity contribution in [1.29, 1.82) is 0 Å². The maximum absolute atomic E-state index is 12.7. The Morgan fingerprint density at radius 1 is 0.875 bits per heavy atom. The van der Waals surface area contributed by atoms with Crippen LogP contribution in [0, 0.1) is 0 Å². The number of nitrogens with one attached hydrogen (secondary N) is 1. The van der Waals surface area contributed by atoms with Crippen LogP contribution >= 0.6 is 11.6 Å². The molecule has 0 radical (unpaired) electrons. The molecule has 40 heavy (non-hydrogen) atoms. The lowest BCUT2D eigenvalue weighted by Crippen LogP contribution is -2.28. The highest BCUT2D eigenvalue weighted by Crippen LogP contribution is 2.35. The first kappa shape index (κ1) is 30.6. The van der Waals surface area contributed by atoms with Crippen molar-refractivity contribution in [1.82, 2.24) is 5.32 Å². The molecule has 0 saturated carbocycles. The molecular formula is C31H36ClNO7. The van der Waals surface area contributed by atoms with Gasteiger partial charge in [0, 0.05) is 12.1 Å². The van der Waals surface area contributed by atoms with E-state index in [4.69, 9.17) is 35.3 Å². The molecule has 1 N–H and O–H groups in total. The van der Waals surface area contributed by atoms with Crippen LogP contribution < -0.4 is 24.3 Å². The summed E-state index contributed by atoms with van der Waals surface area (Å²) < 4.78 is 27.4. The molecule has 0 aromatic heterocycles. The lowest BCUT2D eigenvalue weighted by Gasteiger charge is -2.20. The monoisotopic (exact) mass is 569 g/mol. The quantitative estimate of drug-likeness (QED) is 0.157. The van der Waals surface area contributed by atoms with Gasteiger partial charge < -0.3 is 29.0 Å². The minimum atomic E-state index is -0.857. The zero-order valence-corrected chi connectivity index (χ0v) is 24.3. The third kappa shape index (κ3) is 9.09.